The Kier molecular flexibility index (Phi) is 5.86. The fourth-order valence-corrected chi connectivity index (χ4v) is 2.03. The van der Waals surface area contributed by atoms with Crippen LogP contribution in [-0.4, -0.2) is 13.6 Å². The number of nitrogens with one attached hydrogen (secondary N) is 1. The normalized spacial score (nSPS) is 13.1. The molecule has 1 aromatic carbocycles. The fraction of sp³-hybridized carbons (Fsp3) is 0.571. The van der Waals surface area contributed by atoms with E-state index in [0.717, 1.165) is 17.5 Å². The molecule has 90 valence electrons. The Morgan fingerprint density at radius 2 is 1.75 bits per heavy atom. The molecule has 2 heteroatoms. The van der Waals surface area contributed by atoms with Gasteiger partial charge in [0.05, 0.1) is 0 Å². The van der Waals surface area contributed by atoms with E-state index in [4.69, 9.17) is 11.6 Å². The largest absolute Gasteiger partial charge is 0.319 e. The van der Waals surface area contributed by atoms with Gasteiger partial charge in [-0.05, 0) is 43.0 Å². The first kappa shape index (κ1) is 13.5. The Bertz CT molecular complexity index is 292. The van der Waals surface area contributed by atoms with Gasteiger partial charge in [-0.1, -0.05) is 44.0 Å². The van der Waals surface area contributed by atoms with Crippen molar-refractivity contribution in [2.75, 3.05) is 13.6 Å². The Balaban J connectivity index is 2.64. The van der Waals surface area contributed by atoms with Crippen LogP contribution in [0.25, 0.3) is 0 Å². The summed E-state index contributed by atoms with van der Waals surface area (Å²) in [6, 6.07) is 8.25. The van der Waals surface area contributed by atoms with Gasteiger partial charge in [-0.3, -0.25) is 0 Å². The highest BCUT2D eigenvalue weighted by Gasteiger charge is 2.11. The van der Waals surface area contributed by atoms with Crippen LogP contribution in [0.1, 0.15) is 38.2 Å². The summed E-state index contributed by atoms with van der Waals surface area (Å²) >= 11 is 5.91. The van der Waals surface area contributed by atoms with Crippen LogP contribution < -0.4 is 5.32 Å². The lowest BCUT2D eigenvalue weighted by molar-refractivity contribution is 0.487. The quantitative estimate of drug-likeness (QED) is 0.789. The van der Waals surface area contributed by atoms with E-state index in [9.17, 15) is 0 Å². The van der Waals surface area contributed by atoms with Crippen LogP contribution >= 0.6 is 11.6 Å². The summed E-state index contributed by atoms with van der Waals surface area (Å²) in [5.41, 5.74) is 1.39. The summed E-state index contributed by atoms with van der Waals surface area (Å²) in [6.07, 6.45) is 2.51. The van der Waals surface area contributed by atoms with Crippen molar-refractivity contribution in [2.45, 2.75) is 32.6 Å². The minimum Gasteiger partial charge on any atom is -0.319 e. The van der Waals surface area contributed by atoms with Crippen molar-refractivity contribution in [3.63, 3.8) is 0 Å². The lowest BCUT2D eigenvalue weighted by Crippen LogP contribution is -2.17. The molecule has 1 N–H and O–H groups in total. The zero-order valence-corrected chi connectivity index (χ0v) is 11.2. The molecule has 0 amide bonds. The molecule has 0 heterocycles. The van der Waals surface area contributed by atoms with E-state index in [0.29, 0.717) is 5.92 Å². The number of hydrogen-bond donors (Lipinski definition) is 1. The van der Waals surface area contributed by atoms with Crippen molar-refractivity contribution in [2.24, 2.45) is 5.92 Å². The highest BCUT2D eigenvalue weighted by Crippen LogP contribution is 2.24. The second kappa shape index (κ2) is 6.93. The van der Waals surface area contributed by atoms with Gasteiger partial charge in [-0.2, -0.15) is 0 Å². The van der Waals surface area contributed by atoms with E-state index >= 15 is 0 Å². The molecule has 0 aliphatic heterocycles. The van der Waals surface area contributed by atoms with Crippen LogP contribution in [0.4, 0.5) is 0 Å². The molecule has 0 aliphatic rings. The minimum absolute atomic E-state index is 0.602. The van der Waals surface area contributed by atoms with Crippen molar-refractivity contribution < 1.29 is 0 Å². The second-order valence-electron chi connectivity index (χ2n) is 4.78. The van der Waals surface area contributed by atoms with Gasteiger partial charge in [0.25, 0.3) is 0 Å². The second-order valence-corrected chi connectivity index (χ2v) is 5.21. The van der Waals surface area contributed by atoms with Crippen molar-refractivity contribution in [3.05, 3.63) is 34.9 Å². The maximum absolute atomic E-state index is 5.91. The number of rotatable bonds is 6. The van der Waals surface area contributed by atoms with E-state index in [-0.39, 0.29) is 0 Å². The molecule has 1 nitrogen and oxygen atoms in total. The first-order valence-electron chi connectivity index (χ1n) is 6.03. The molecule has 0 radical (unpaired) electrons. The Morgan fingerprint density at radius 3 is 2.25 bits per heavy atom. The summed E-state index contributed by atoms with van der Waals surface area (Å²) in [5.74, 6) is 1.37. The number of hydrogen-bond acceptors (Lipinski definition) is 1. The van der Waals surface area contributed by atoms with E-state index in [2.05, 4.69) is 31.3 Å². The maximum atomic E-state index is 5.91. The molecule has 0 aromatic heterocycles. The van der Waals surface area contributed by atoms with Gasteiger partial charge in [0.15, 0.2) is 0 Å². The average Bonchev–Trinajstić information content (AvgIpc) is 2.25. The summed E-state index contributed by atoms with van der Waals surface area (Å²) in [5, 5.41) is 4.09. The molecule has 1 atom stereocenters. The average molecular weight is 240 g/mol. The van der Waals surface area contributed by atoms with Gasteiger partial charge >= 0.3 is 0 Å². The van der Waals surface area contributed by atoms with E-state index < -0.39 is 0 Å². The molecular weight excluding hydrogens is 218 g/mol. The van der Waals surface area contributed by atoms with Gasteiger partial charge in [0, 0.05) is 11.6 Å². The van der Waals surface area contributed by atoms with Crippen LogP contribution in [0, 0.1) is 5.92 Å². The molecule has 1 aromatic rings. The highest BCUT2D eigenvalue weighted by molar-refractivity contribution is 6.30. The standard InChI is InChI=1S/C14H22ClN/c1-11(2)4-5-13(10-16-3)12-6-8-14(15)9-7-12/h6-9,11,13,16H,4-5,10H2,1-3H3. The van der Waals surface area contributed by atoms with Crippen LogP contribution in [-0.2, 0) is 0 Å². The molecule has 0 saturated heterocycles. The molecule has 0 aliphatic carbocycles. The van der Waals surface area contributed by atoms with Gasteiger partial charge in [0.1, 0.15) is 0 Å². The number of halogens is 1. The zero-order chi connectivity index (χ0) is 12.0. The maximum Gasteiger partial charge on any atom is 0.0406 e. The lowest BCUT2D eigenvalue weighted by atomic mass is 9.91. The summed E-state index contributed by atoms with van der Waals surface area (Å²) in [6.45, 7) is 5.59. The van der Waals surface area contributed by atoms with E-state index in [1.807, 2.05) is 19.2 Å². The predicted octanol–water partition coefficient (Wildman–Crippen LogP) is 4.08. The lowest BCUT2D eigenvalue weighted by Gasteiger charge is -2.18. The third kappa shape index (κ3) is 4.54. The molecule has 0 spiro atoms. The first-order valence-corrected chi connectivity index (χ1v) is 6.41. The molecule has 0 bridgehead atoms. The smallest absolute Gasteiger partial charge is 0.0406 e. The summed E-state index contributed by atoms with van der Waals surface area (Å²) in [4.78, 5) is 0. The van der Waals surface area contributed by atoms with Gasteiger partial charge in [-0.25, -0.2) is 0 Å². The summed E-state index contributed by atoms with van der Waals surface area (Å²) < 4.78 is 0. The summed E-state index contributed by atoms with van der Waals surface area (Å²) in [7, 11) is 2.01. The molecule has 0 fully saturated rings. The SMILES string of the molecule is CNCC(CCC(C)C)c1ccc(Cl)cc1. The van der Waals surface area contributed by atoms with Crippen molar-refractivity contribution in [3.8, 4) is 0 Å². The highest BCUT2D eigenvalue weighted by atomic mass is 35.5. The Labute approximate surface area is 104 Å². The monoisotopic (exact) mass is 239 g/mol. The van der Waals surface area contributed by atoms with Gasteiger partial charge in [0.2, 0.25) is 0 Å². The zero-order valence-electron chi connectivity index (χ0n) is 10.5. The molecule has 16 heavy (non-hydrogen) atoms. The molecule has 0 saturated carbocycles. The number of likely N-dealkylation sites (N-methyl/N-ethyl adjacent to an activating group) is 1. The molecule has 1 unspecified atom stereocenters. The minimum atomic E-state index is 0.602. The van der Waals surface area contributed by atoms with Crippen LogP contribution in [0.15, 0.2) is 24.3 Å². The first-order chi connectivity index (χ1) is 7.63. The van der Waals surface area contributed by atoms with Crippen LogP contribution in [0.3, 0.4) is 0 Å². The molecular formula is C14H22ClN. The topological polar surface area (TPSA) is 12.0 Å². The third-order valence-corrected chi connectivity index (χ3v) is 3.14. The van der Waals surface area contributed by atoms with Gasteiger partial charge < -0.3 is 5.32 Å². The van der Waals surface area contributed by atoms with Gasteiger partial charge in [-0.15, -0.1) is 0 Å². The predicted molar refractivity (Wildman–Crippen MR) is 72.2 cm³/mol. The van der Waals surface area contributed by atoms with Crippen LogP contribution in [0.2, 0.25) is 5.02 Å². The van der Waals surface area contributed by atoms with Crippen molar-refractivity contribution in [1.29, 1.82) is 0 Å². The molecule has 1 rings (SSSR count). The Morgan fingerprint density at radius 1 is 1.12 bits per heavy atom. The Hall–Kier alpha value is -0.530. The van der Waals surface area contributed by atoms with Crippen molar-refractivity contribution >= 4 is 11.6 Å². The number of benzene rings is 1. The van der Waals surface area contributed by atoms with Crippen LogP contribution in [0.5, 0.6) is 0 Å². The van der Waals surface area contributed by atoms with E-state index in [1.54, 1.807) is 0 Å². The third-order valence-electron chi connectivity index (χ3n) is 2.88. The van der Waals surface area contributed by atoms with E-state index in [1.165, 1.54) is 18.4 Å². The van der Waals surface area contributed by atoms with Crippen molar-refractivity contribution in [1.82, 2.24) is 5.32 Å². The fourth-order valence-electron chi connectivity index (χ4n) is 1.90.